The SMILES string of the molecule is CC(C)CCCOC(=O)[C@@H]1C[C@@H](O)CN1. The summed E-state index contributed by atoms with van der Waals surface area (Å²) in [5.74, 6) is 0.422. The van der Waals surface area contributed by atoms with Crippen molar-refractivity contribution in [3.63, 3.8) is 0 Å². The van der Waals surface area contributed by atoms with Gasteiger partial charge in [-0.25, -0.2) is 0 Å². The summed E-state index contributed by atoms with van der Waals surface area (Å²) in [6.07, 6.45) is 2.06. The molecular weight excluding hydrogens is 194 g/mol. The molecule has 0 aromatic carbocycles. The first kappa shape index (κ1) is 12.5. The van der Waals surface area contributed by atoms with E-state index in [-0.39, 0.29) is 12.0 Å². The number of nitrogens with one attached hydrogen (secondary N) is 1. The van der Waals surface area contributed by atoms with E-state index >= 15 is 0 Å². The van der Waals surface area contributed by atoms with Crippen molar-refractivity contribution in [3.05, 3.63) is 0 Å². The molecule has 2 atom stereocenters. The van der Waals surface area contributed by atoms with Crippen molar-refractivity contribution in [1.29, 1.82) is 0 Å². The summed E-state index contributed by atoms with van der Waals surface area (Å²) < 4.78 is 5.11. The van der Waals surface area contributed by atoms with Gasteiger partial charge in [-0.05, 0) is 18.8 Å². The number of rotatable bonds is 5. The van der Waals surface area contributed by atoms with Gasteiger partial charge in [-0.1, -0.05) is 13.8 Å². The second-order valence-corrected chi connectivity index (χ2v) is 4.55. The average Bonchev–Trinajstić information content (AvgIpc) is 2.59. The Labute approximate surface area is 91.0 Å². The van der Waals surface area contributed by atoms with E-state index < -0.39 is 6.10 Å². The second-order valence-electron chi connectivity index (χ2n) is 4.55. The Morgan fingerprint density at radius 2 is 2.33 bits per heavy atom. The Bertz CT molecular complexity index is 206. The highest BCUT2D eigenvalue weighted by Crippen LogP contribution is 2.09. The molecule has 0 unspecified atom stereocenters. The third kappa shape index (κ3) is 4.62. The Kier molecular flexibility index (Phi) is 5.05. The Morgan fingerprint density at radius 1 is 1.60 bits per heavy atom. The molecule has 2 N–H and O–H groups in total. The standard InChI is InChI=1S/C11H21NO3/c1-8(2)4-3-5-15-11(14)10-6-9(13)7-12-10/h8-10,12-13H,3-7H2,1-2H3/t9-,10+/m1/s1. The molecule has 4 heteroatoms. The van der Waals surface area contributed by atoms with E-state index in [0.29, 0.717) is 25.5 Å². The summed E-state index contributed by atoms with van der Waals surface area (Å²) in [7, 11) is 0. The molecule has 88 valence electrons. The first-order valence-electron chi connectivity index (χ1n) is 5.67. The highest BCUT2D eigenvalue weighted by molar-refractivity contribution is 5.76. The molecule has 15 heavy (non-hydrogen) atoms. The lowest BCUT2D eigenvalue weighted by Gasteiger charge is -2.10. The van der Waals surface area contributed by atoms with E-state index in [9.17, 15) is 9.90 Å². The van der Waals surface area contributed by atoms with Gasteiger partial charge in [0.05, 0.1) is 12.7 Å². The van der Waals surface area contributed by atoms with E-state index in [1.54, 1.807) is 0 Å². The zero-order valence-corrected chi connectivity index (χ0v) is 9.53. The van der Waals surface area contributed by atoms with Crippen LogP contribution in [0.25, 0.3) is 0 Å². The molecule has 0 saturated carbocycles. The number of β-amino-alcohol motifs (C(OH)–C–C–N with tert-alkyl or cyclic N) is 1. The number of carbonyl (C=O) groups is 1. The first-order valence-corrected chi connectivity index (χ1v) is 5.67. The largest absolute Gasteiger partial charge is 0.465 e. The molecule has 4 nitrogen and oxygen atoms in total. The lowest BCUT2D eigenvalue weighted by atomic mass is 10.1. The summed E-state index contributed by atoms with van der Waals surface area (Å²) in [6, 6.07) is -0.306. The van der Waals surface area contributed by atoms with Crippen LogP contribution in [0.5, 0.6) is 0 Å². The predicted molar refractivity (Wildman–Crippen MR) is 57.4 cm³/mol. The maximum absolute atomic E-state index is 11.4. The average molecular weight is 215 g/mol. The van der Waals surface area contributed by atoms with Crippen LogP contribution in [0.4, 0.5) is 0 Å². The van der Waals surface area contributed by atoms with Gasteiger partial charge in [-0.2, -0.15) is 0 Å². The van der Waals surface area contributed by atoms with Gasteiger partial charge in [-0.3, -0.25) is 4.79 Å². The van der Waals surface area contributed by atoms with Gasteiger partial charge >= 0.3 is 5.97 Å². The Morgan fingerprint density at radius 3 is 2.87 bits per heavy atom. The van der Waals surface area contributed by atoms with Crippen LogP contribution in [0.15, 0.2) is 0 Å². The van der Waals surface area contributed by atoms with Gasteiger partial charge in [0.15, 0.2) is 0 Å². The van der Waals surface area contributed by atoms with Gasteiger partial charge in [0.1, 0.15) is 6.04 Å². The van der Waals surface area contributed by atoms with Crippen LogP contribution < -0.4 is 5.32 Å². The van der Waals surface area contributed by atoms with Crippen molar-refractivity contribution in [1.82, 2.24) is 5.32 Å². The molecular formula is C11H21NO3. The fraction of sp³-hybridized carbons (Fsp3) is 0.909. The number of hydrogen-bond acceptors (Lipinski definition) is 4. The number of carbonyl (C=O) groups excluding carboxylic acids is 1. The van der Waals surface area contributed by atoms with Crippen LogP contribution in [0.3, 0.4) is 0 Å². The Hall–Kier alpha value is -0.610. The highest BCUT2D eigenvalue weighted by atomic mass is 16.5. The van der Waals surface area contributed by atoms with Crippen LogP contribution in [0, 0.1) is 5.92 Å². The second kappa shape index (κ2) is 6.08. The van der Waals surface area contributed by atoms with E-state index in [1.165, 1.54) is 0 Å². The molecule has 0 radical (unpaired) electrons. The predicted octanol–water partition coefficient (Wildman–Crippen LogP) is 0.689. The molecule has 0 spiro atoms. The third-order valence-electron chi connectivity index (χ3n) is 2.56. The molecule has 1 fully saturated rings. The molecule has 0 amide bonds. The zero-order chi connectivity index (χ0) is 11.3. The number of ether oxygens (including phenoxy) is 1. The zero-order valence-electron chi connectivity index (χ0n) is 9.53. The number of hydrogen-bond donors (Lipinski definition) is 2. The van der Waals surface area contributed by atoms with Crippen molar-refractivity contribution in [2.75, 3.05) is 13.2 Å². The maximum atomic E-state index is 11.4. The molecule has 1 saturated heterocycles. The minimum absolute atomic E-state index is 0.227. The van der Waals surface area contributed by atoms with Crippen LogP contribution in [0.2, 0.25) is 0 Å². The molecule has 0 bridgehead atoms. The topological polar surface area (TPSA) is 58.6 Å². The number of aliphatic hydroxyl groups excluding tert-OH is 1. The van der Waals surface area contributed by atoms with Crippen LogP contribution in [-0.2, 0) is 9.53 Å². The van der Waals surface area contributed by atoms with E-state index in [4.69, 9.17) is 4.74 Å². The van der Waals surface area contributed by atoms with Gasteiger partial charge in [0.25, 0.3) is 0 Å². The minimum Gasteiger partial charge on any atom is -0.465 e. The molecule has 0 aromatic rings. The van der Waals surface area contributed by atoms with Crippen LogP contribution in [-0.4, -0.2) is 36.4 Å². The lowest BCUT2D eigenvalue weighted by Crippen LogP contribution is -2.32. The van der Waals surface area contributed by atoms with Gasteiger partial charge in [0.2, 0.25) is 0 Å². The molecule has 1 rings (SSSR count). The van der Waals surface area contributed by atoms with Crippen molar-refractivity contribution >= 4 is 5.97 Å². The first-order chi connectivity index (χ1) is 7.09. The molecule has 1 heterocycles. The normalized spacial score (nSPS) is 25.9. The van der Waals surface area contributed by atoms with Crippen molar-refractivity contribution in [2.24, 2.45) is 5.92 Å². The number of aliphatic hydroxyl groups is 1. The van der Waals surface area contributed by atoms with Gasteiger partial charge in [-0.15, -0.1) is 0 Å². The monoisotopic (exact) mass is 215 g/mol. The van der Waals surface area contributed by atoms with Crippen molar-refractivity contribution in [3.8, 4) is 0 Å². The van der Waals surface area contributed by atoms with Crippen molar-refractivity contribution < 1.29 is 14.6 Å². The molecule has 1 aliphatic heterocycles. The van der Waals surface area contributed by atoms with Crippen molar-refractivity contribution in [2.45, 2.75) is 45.3 Å². The van der Waals surface area contributed by atoms with Gasteiger partial charge < -0.3 is 15.2 Å². The maximum Gasteiger partial charge on any atom is 0.323 e. The molecule has 0 aliphatic carbocycles. The fourth-order valence-corrected chi connectivity index (χ4v) is 1.66. The summed E-state index contributed by atoms with van der Waals surface area (Å²) in [4.78, 5) is 11.4. The summed E-state index contributed by atoms with van der Waals surface area (Å²) in [6.45, 7) is 5.28. The van der Waals surface area contributed by atoms with E-state index in [0.717, 1.165) is 12.8 Å². The summed E-state index contributed by atoms with van der Waals surface area (Å²) in [5.41, 5.74) is 0. The summed E-state index contributed by atoms with van der Waals surface area (Å²) >= 11 is 0. The van der Waals surface area contributed by atoms with E-state index in [1.807, 2.05) is 0 Å². The smallest absolute Gasteiger partial charge is 0.323 e. The lowest BCUT2D eigenvalue weighted by molar-refractivity contribution is -0.146. The number of esters is 1. The Balaban J connectivity index is 2.08. The van der Waals surface area contributed by atoms with E-state index in [2.05, 4.69) is 19.2 Å². The minimum atomic E-state index is -0.404. The third-order valence-corrected chi connectivity index (χ3v) is 2.56. The van der Waals surface area contributed by atoms with Crippen LogP contribution >= 0.6 is 0 Å². The highest BCUT2D eigenvalue weighted by Gasteiger charge is 2.28. The summed E-state index contributed by atoms with van der Waals surface area (Å²) in [5, 5.41) is 12.2. The van der Waals surface area contributed by atoms with Crippen LogP contribution in [0.1, 0.15) is 33.1 Å². The molecule has 0 aromatic heterocycles. The van der Waals surface area contributed by atoms with Gasteiger partial charge in [0, 0.05) is 13.0 Å². The fourth-order valence-electron chi connectivity index (χ4n) is 1.66. The molecule has 1 aliphatic rings. The quantitative estimate of drug-likeness (QED) is 0.523.